The Hall–Kier alpha value is -3.77. The van der Waals surface area contributed by atoms with Crippen molar-refractivity contribution in [1.82, 2.24) is 4.90 Å². The zero-order valence-electron chi connectivity index (χ0n) is 19.6. The zero-order chi connectivity index (χ0) is 24.2. The van der Waals surface area contributed by atoms with Gasteiger partial charge in [-0.3, -0.25) is 14.5 Å². The molecule has 0 unspecified atom stereocenters. The van der Waals surface area contributed by atoms with Crippen LogP contribution < -0.4 is 9.80 Å². The first kappa shape index (κ1) is 23.0. The van der Waals surface area contributed by atoms with E-state index >= 15 is 0 Å². The van der Waals surface area contributed by atoms with E-state index in [4.69, 9.17) is 0 Å². The van der Waals surface area contributed by atoms with Gasteiger partial charge in [0.15, 0.2) is 0 Å². The molecule has 2 saturated heterocycles. The zero-order valence-corrected chi connectivity index (χ0v) is 19.6. The summed E-state index contributed by atoms with van der Waals surface area (Å²) in [5.41, 5.74) is 4.33. The van der Waals surface area contributed by atoms with Crippen molar-refractivity contribution >= 4 is 23.1 Å². The van der Waals surface area contributed by atoms with Gasteiger partial charge in [-0.2, -0.15) is 0 Å². The number of imide groups is 1. The summed E-state index contributed by atoms with van der Waals surface area (Å²) in [4.78, 5) is 31.4. The van der Waals surface area contributed by atoms with Crippen molar-refractivity contribution < 1.29 is 18.9 Å². The number of amides is 2. The van der Waals surface area contributed by atoms with Gasteiger partial charge in [0.1, 0.15) is 5.82 Å². The molecule has 0 bridgehead atoms. The lowest BCUT2D eigenvalue weighted by atomic mass is 9.92. The number of quaternary nitrogens is 1. The number of likely N-dealkylation sites (tertiary alicyclic amines) is 1. The number of nitrogens with one attached hydrogen (secondary N) is 1. The topological polar surface area (TPSA) is 45.1 Å². The Bertz CT molecular complexity index is 1180. The van der Waals surface area contributed by atoms with Gasteiger partial charge in [-0.05, 0) is 41.0 Å². The van der Waals surface area contributed by atoms with Gasteiger partial charge >= 0.3 is 0 Å². The average molecular weight is 471 g/mol. The summed E-state index contributed by atoms with van der Waals surface area (Å²) >= 11 is 0. The molecule has 0 radical (unpaired) electrons. The first-order valence-electron chi connectivity index (χ1n) is 12.1. The molecule has 0 saturated carbocycles. The highest BCUT2D eigenvalue weighted by atomic mass is 19.1. The van der Waals surface area contributed by atoms with E-state index in [1.807, 2.05) is 72.8 Å². The lowest BCUT2D eigenvalue weighted by Crippen LogP contribution is -3.15. The quantitative estimate of drug-likeness (QED) is 0.445. The van der Waals surface area contributed by atoms with Crippen molar-refractivity contribution in [2.75, 3.05) is 44.2 Å². The van der Waals surface area contributed by atoms with Crippen LogP contribution >= 0.6 is 0 Å². The molecule has 6 heteroatoms. The summed E-state index contributed by atoms with van der Waals surface area (Å²) in [5, 5.41) is 0. The predicted octanol–water partition coefficient (Wildman–Crippen LogP) is 2.79. The minimum Gasteiger partial charge on any atom is -0.360 e. The summed E-state index contributed by atoms with van der Waals surface area (Å²) < 4.78 is 13.2. The first-order valence-corrected chi connectivity index (χ1v) is 12.1. The molecule has 5 nitrogen and oxygen atoms in total. The van der Waals surface area contributed by atoms with Gasteiger partial charge in [-0.25, -0.2) is 4.39 Å². The third kappa shape index (κ3) is 5.03. The molecule has 0 spiro atoms. The average Bonchev–Trinajstić information content (AvgIpc) is 3.17. The first-order chi connectivity index (χ1) is 17.1. The number of hydrogen-bond acceptors (Lipinski definition) is 3. The highest BCUT2D eigenvalue weighted by Gasteiger charge is 2.37. The molecule has 0 aliphatic carbocycles. The number of benzene rings is 3. The summed E-state index contributed by atoms with van der Waals surface area (Å²) in [6.07, 6.45) is 0.131. The molecule has 2 heterocycles. The van der Waals surface area contributed by atoms with E-state index in [1.54, 1.807) is 0 Å². The van der Waals surface area contributed by atoms with Crippen molar-refractivity contribution in [1.29, 1.82) is 0 Å². The number of carbonyl (C=O) groups excluding carboxylic acids is 2. The molecule has 2 aliphatic rings. The number of halogens is 1. The van der Waals surface area contributed by atoms with E-state index in [-0.39, 0.29) is 24.1 Å². The van der Waals surface area contributed by atoms with Crippen molar-refractivity contribution in [2.24, 2.45) is 0 Å². The van der Waals surface area contributed by atoms with E-state index in [0.717, 1.165) is 55.1 Å². The summed E-state index contributed by atoms with van der Waals surface area (Å²) in [5.74, 6) is -0.533. The lowest BCUT2D eigenvalue weighted by molar-refractivity contribution is -0.899. The largest absolute Gasteiger partial charge is 0.360 e. The second kappa shape index (κ2) is 10.2. The van der Waals surface area contributed by atoms with Gasteiger partial charge < -0.3 is 9.80 Å². The van der Waals surface area contributed by atoms with Crippen LogP contribution in [0.25, 0.3) is 5.57 Å². The van der Waals surface area contributed by atoms with Gasteiger partial charge in [0.25, 0.3) is 5.91 Å². The van der Waals surface area contributed by atoms with Crippen LogP contribution in [0, 0.1) is 5.82 Å². The number of rotatable bonds is 6. The molecule has 2 amide bonds. The van der Waals surface area contributed by atoms with E-state index in [9.17, 15) is 14.0 Å². The smallest absolute Gasteiger partial charge is 0.257 e. The van der Waals surface area contributed by atoms with Crippen LogP contribution in [-0.2, 0) is 9.59 Å². The highest BCUT2D eigenvalue weighted by molar-refractivity contribution is 6.18. The van der Waals surface area contributed by atoms with Crippen LogP contribution in [-0.4, -0.2) is 56.0 Å². The maximum absolute atomic E-state index is 13.4. The molecule has 3 aromatic rings. The standard InChI is InChI=1S/C29H28FN3O2/c30-24-11-13-25(14-12-24)32-18-15-31(16-19-32)17-20-33-27(34)21-26(29(33)35)28(22-7-3-1-4-8-22)23-9-5-2-6-10-23/h1-14H,15-21H2/p+1. The molecule has 5 rings (SSSR count). The lowest BCUT2D eigenvalue weighted by Gasteiger charge is -2.34. The number of carbonyl (C=O) groups is 2. The number of anilines is 1. The second-order valence-electron chi connectivity index (χ2n) is 9.08. The van der Waals surface area contributed by atoms with Gasteiger partial charge in [-0.1, -0.05) is 60.7 Å². The van der Waals surface area contributed by atoms with Crippen LogP contribution in [0.5, 0.6) is 0 Å². The predicted molar refractivity (Wildman–Crippen MR) is 134 cm³/mol. The molecule has 2 aliphatic heterocycles. The Kier molecular flexibility index (Phi) is 6.73. The third-order valence-corrected chi connectivity index (χ3v) is 6.91. The third-order valence-electron chi connectivity index (χ3n) is 6.91. The van der Waals surface area contributed by atoms with Gasteiger partial charge in [0.2, 0.25) is 5.91 Å². The molecular weight excluding hydrogens is 441 g/mol. The number of hydrogen-bond donors (Lipinski definition) is 1. The van der Waals surface area contributed by atoms with Crippen LogP contribution in [0.3, 0.4) is 0 Å². The van der Waals surface area contributed by atoms with Crippen LogP contribution in [0.4, 0.5) is 10.1 Å². The minimum atomic E-state index is -0.228. The summed E-state index contributed by atoms with van der Waals surface area (Å²) in [6.45, 7) is 4.70. The van der Waals surface area contributed by atoms with Crippen molar-refractivity contribution in [3.63, 3.8) is 0 Å². The SMILES string of the molecule is O=C1CC(=C(c2ccccc2)c2ccccc2)C(=O)N1CC[NH+]1CCN(c2ccc(F)cc2)CC1. The molecule has 0 atom stereocenters. The maximum Gasteiger partial charge on any atom is 0.257 e. The van der Waals surface area contributed by atoms with Crippen molar-refractivity contribution in [2.45, 2.75) is 6.42 Å². The Morgan fingerprint density at radius 1 is 0.800 bits per heavy atom. The Labute approximate surface area is 205 Å². The second-order valence-corrected chi connectivity index (χ2v) is 9.08. The number of nitrogens with zero attached hydrogens (tertiary/aromatic N) is 2. The van der Waals surface area contributed by atoms with Gasteiger partial charge in [0, 0.05) is 11.3 Å². The summed E-state index contributed by atoms with van der Waals surface area (Å²) in [6, 6.07) is 26.3. The molecule has 178 valence electrons. The van der Waals surface area contributed by atoms with Crippen LogP contribution in [0.15, 0.2) is 90.5 Å². The van der Waals surface area contributed by atoms with Gasteiger partial charge in [0.05, 0.1) is 45.7 Å². The Balaban J connectivity index is 1.27. The monoisotopic (exact) mass is 470 g/mol. The molecule has 35 heavy (non-hydrogen) atoms. The van der Waals surface area contributed by atoms with E-state index < -0.39 is 0 Å². The fraction of sp³-hybridized carbons (Fsp3) is 0.241. The normalized spacial score (nSPS) is 16.8. The molecular formula is C29H29FN3O2+. The molecule has 2 fully saturated rings. The number of piperazine rings is 1. The summed E-state index contributed by atoms with van der Waals surface area (Å²) in [7, 11) is 0. The van der Waals surface area contributed by atoms with Crippen molar-refractivity contribution in [3.05, 3.63) is 107 Å². The van der Waals surface area contributed by atoms with E-state index in [0.29, 0.717) is 12.1 Å². The Morgan fingerprint density at radius 2 is 1.37 bits per heavy atom. The fourth-order valence-electron chi connectivity index (χ4n) is 5.00. The van der Waals surface area contributed by atoms with Gasteiger partial charge in [-0.15, -0.1) is 0 Å². The molecule has 0 aromatic heterocycles. The minimum absolute atomic E-state index is 0.126. The van der Waals surface area contributed by atoms with E-state index in [2.05, 4.69) is 4.90 Å². The molecule has 1 N–H and O–H groups in total. The Morgan fingerprint density at radius 3 is 1.94 bits per heavy atom. The molecule has 3 aromatic carbocycles. The fourth-order valence-corrected chi connectivity index (χ4v) is 5.00. The van der Waals surface area contributed by atoms with Crippen LogP contribution in [0.1, 0.15) is 17.5 Å². The van der Waals surface area contributed by atoms with E-state index in [1.165, 1.54) is 21.9 Å². The maximum atomic E-state index is 13.4. The van der Waals surface area contributed by atoms with Crippen molar-refractivity contribution in [3.8, 4) is 0 Å². The highest BCUT2D eigenvalue weighted by Crippen LogP contribution is 2.33. The van der Waals surface area contributed by atoms with Crippen LogP contribution in [0.2, 0.25) is 0 Å².